The van der Waals surface area contributed by atoms with Gasteiger partial charge in [0.2, 0.25) is 10.0 Å². The minimum Gasteiger partial charge on any atom is -0.444 e. The maximum Gasteiger partial charge on any atom is 0.411 e. The van der Waals surface area contributed by atoms with E-state index in [2.05, 4.69) is 0 Å². The van der Waals surface area contributed by atoms with E-state index in [0.29, 0.717) is 45.2 Å². The SMILES string of the molecule is CC(C)(C)OC(=O)N1[C@H](CC2CCN(S(C)(=O)=O)CC2)CC[C@@H]1C(=O)c1cccc(F)c1. The molecule has 0 radical (unpaired) electrons. The van der Waals surface area contributed by atoms with Crippen LogP contribution in [0, 0.1) is 11.7 Å². The molecule has 32 heavy (non-hydrogen) atoms. The van der Waals surface area contributed by atoms with Crippen LogP contribution in [0.2, 0.25) is 0 Å². The molecule has 3 rings (SSSR count). The van der Waals surface area contributed by atoms with Crippen LogP contribution in [0.1, 0.15) is 63.2 Å². The number of carbonyl (C=O) groups excluding carboxylic acids is 2. The number of halogens is 1. The number of ketones is 1. The van der Waals surface area contributed by atoms with Crippen LogP contribution < -0.4 is 0 Å². The van der Waals surface area contributed by atoms with Crippen LogP contribution in [-0.2, 0) is 14.8 Å². The lowest BCUT2D eigenvalue weighted by Crippen LogP contribution is -2.48. The number of Topliss-reactive ketones (excluding diaryl/α,β-unsaturated/α-hetero) is 1. The Balaban J connectivity index is 1.76. The van der Waals surface area contributed by atoms with Gasteiger partial charge >= 0.3 is 6.09 Å². The number of ether oxygens (including phenoxy) is 1. The van der Waals surface area contributed by atoms with E-state index in [-0.39, 0.29) is 23.3 Å². The summed E-state index contributed by atoms with van der Waals surface area (Å²) in [4.78, 5) is 27.8. The predicted octanol–water partition coefficient (Wildman–Crippen LogP) is 3.84. The molecule has 0 unspecified atom stereocenters. The highest BCUT2D eigenvalue weighted by Crippen LogP contribution is 2.35. The first-order chi connectivity index (χ1) is 14.8. The van der Waals surface area contributed by atoms with Gasteiger partial charge < -0.3 is 4.74 Å². The summed E-state index contributed by atoms with van der Waals surface area (Å²) in [5, 5.41) is 0. The largest absolute Gasteiger partial charge is 0.444 e. The minimum absolute atomic E-state index is 0.179. The van der Waals surface area contributed by atoms with Gasteiger partial charge in [0.1, 0.15) is 11.4 Å². The Morgan fingerprint density at radius 3 is 2.34 bits per heavy atom. The van der Waals surface area contributed by atoms with Crippen molar-refractivity contribution in [1.29, 1.82) is 0 Å². The molecule has 2 fully saturated rings. The summed E-state index contributed by atoms with van der Waals surface area (Å²) >= 11 is 0. The molecule has 1 aromatic rings. The van der Waals surface area contributed by atoms with Crippen molar-refractivity contribution in [3.05, 3.63) is 35.6 Å². The summed E-state index contributed by atoms with van der Waals surface area (Å²) < 4.78 is 44.4. The monoisotopic (exact) mass is 468 g/mol. The van der Waals surface area contributed by atoms with E-state index < -0.39 is 33.6 Å². The summed E-state index contributed by atoms with van der Waals surface area (Å²) in [6, 6.07) is 4.65. The fraction of sp³-hybridized carbons (Fsp3) is 0.652. The highest BCUT2D eigenvalue weighted by atomic mass is 32.2. The number of hydrogen-bond acceptors (Lipinski definition) is 5. The molecule has 0 aliphatic carbocycles. The molecule has 2 atom stereocenters. The normalized spacial score (nSPS) is 23.3. The number of sulfonamides is 1. The number of benzene rings is 1. The number of hydrogen-bond donors (Lipinski definition) is 0. The van der Waals surface area contributed by atoms with Crippen LogP contribution in [0.5, 0.6) is 0 Å². The Bertz CT molecular complexity index is 951. The van der Waals surface area contributed by atoms with Crippen LogP contribution in [0.15, 0.2) is 24.3 Å². The molecule has 178 valence electrons. The summed E-state index contributed by atoms with van der Waals surface area (Å²) in [6.07, 6.45) is 3.94. The number of rotatable bonds is 5. The third-order valence-corrected chi connectivity index (χ3v) is 7.47. The molecule has 1 aromatic carbocycles. The number of carbonyl (C=O) groups is 2. The first-order valence-corrected chi connectivity index (χ1v) is 13.0. The molecule has 2 saturated heterocycles. The van der Waals surface area contributed by atoms with Gasteiger partial charge in [0.05, 0.1) is 12.3 Å². The summed E-state index contributed by atoms with van der Waals surface area (Å²) in [6.45, 7) is 6.27. The van der Waals surface area contributed by atoms with E-state index in [1.54, 1.807) is 31.7 Å². The Morgan fingerprint density at radius 2 is 1.78 bits per heavy atom. The van der Waals surface area contributed by atoms with Gasteiger partial charge in [-0.25, -0.2) is 21.9 Å². The van der Waals surface area contributed by atoms with E-state index >= 15 is 0 Å². The van der Waals surface area contributed by atoms with Gasteiger partial charge in [-0.15, -0.1) is 0 Å². The summed E-state index contributed by atoms with van der Waals surface area (Å²) in [5.74, 6) is -0.525. The molecule has 0 spiro atoms. The number of likely N-dealkylation sites (tertiary alicyclic amines) is 1. The van der Waals surface area contributed by atoms with Crippen LogP contribution in [0.3, 0.4) is 0 Å². The van der Waals surface area contributed by atoms with Gasteiger partial charge in [-0.2, -0.15) is 0 Å². The smallest absolute Gasteiger partial charge is 0.411 e. The maximum absolute atomic E-state index is 13.7. The standard InChI is InChI=1S/C23H33FN2O5S/c1-23(2,3)31-22(28)26-19(14-16-10-12-25(13-11-16)32(4,29)30)8-9-20(26)21(27)17-6-5-7-18(24)15-17/h5-7,15-16,19-20H,8-14H2,1-4H3/t19-,20+/m0/s1. The lowest BCUT2D eigenvalue weighted by Gasteiger charge is -2.36. The van der Waals surface area contributed by atoms with Crippen molar-refractivity contribution < 1.29 is 27.1 Å². The zero-order valence-corrected chi connectivity index (χ0v) is 20.0. The number of piperidine rings is 1. The molecule has 7 nitrogen and oxygen atoms in total. The van der Waals surface area contributed by atoms with Crippen molar-refractivity contribution >= 4 is 21.9 Å². The Hall–Kier alpha value is -2.00. The second-order valence-corrected chi connectivity index (χ2v) is 11.8. The third kappa shape index (κ3) is 6.07. The molecular formula is C23H33FN2O5S. The fourth-order valence-corrected chi connectivity index (χ4v) is 5.53. The van der Waals surface area contributed by atoms with Crippen molar-refractivity contribution in [3.8, 4) is 0 Å². The third-order valence-electron chi connectivity index (χ3n) is 6.17. The molecule has 2 aliphatic rings. The molecular weight excluding hydrogens is 435 g/mol. The summed E-state index contributed by atoms with van der Waals surface area (Å²) in [7, 11) is -3.20. The second-order valence-electron chi connectivity index (χ2n) is 9.85. The lowest BCUT2D eigenvalue weighted by molar-refractivity contribution is 0.0121. The molecule has 1 amide bonds. The van der Waals surface area contributed by atoms with Gasteiger partial charge in [0.25, 0.3) is 0 Å². The number of amides is 1. The first-order valence-electron chi connectivity index (χ1n) is 11.1. The Labute approximate surface area is 190 Å². The topological polar surface area (TPSA) is 84.0 Å². The van der Waals surface area contributed by atoms with Crippen molar-refractivity contribution in [3.63, 3.8) is 0 Å². The lowest BCUT2D eigenvalue weighted by atomic mass is 9.90. The van der Waals surface area contributed by atoms with Gasteiger partial charge in [-0.3, -0.25) is 9.69 Å². The average Bonchev–Trinajstić information content (AvgIpc) is 3.09. The van der Waals surface area contributed by atoms with Crippen molar-refractivity contribution in [1.82, 2.24) is 9.21 Å². The zero-order chi connectivity index (χ0) is 23.7. The van der Waals surface area contributed by atoms with Gasteiger partial charge in [0, 0.05) is 24.7 Å². The second kappa shape index (κ2) is 9.47. The quantitative estimate of drug-likeness (QED) is 0.613. The van der Waals surface area contributed by atoms with Gasteiger partial charge in [0.15, 0.2) is 5.78 Å². The Morgan fingerprint density at radius 1 is 1.12 bits per heavy atom. The predicted molar refractivity (Wildman–Crippen MR) is 119 cm³/mol. The van der Waals surface area contributed by atoms with E-state index in [0.717, 1.165) is 0 Å². The average molecular weight is 469 g/mol. The summed E-state index contributed by atoms with van der Waals surface area (Å²) in [5.41, 5.74) is -0.469. The van der Waals surface area contributed by atoms with E-state index in [1.807, 2.05) is 0 Å². The van der Waals surface area contributed by atoms with Crippen molar-refractivity contribution in [2.75, 3.05) is 19.3 Å². The van der Waals surface area contributed by atoms with E-state index in [4.69, 9.17) is 4.74 Å². The van der Waals surface area contributed by atoms with Crippen LogP contribution in [0.25, 0.3) is 0 Å². The van der Waals surface area contributed by atoms with Gasteiger partial charge in [-0.05, 0) is 70.9 Å². The molecule has 2 heterocycles. The first kappa shape index (κ1) is 24.6. The van der Waals surface area contributed by atoms with Crippen LogP contribution in [0.4, 0.5) is 9.18 Å². The Kier molecular flexibility index (Phi) is 7.29. The van der Waals surface area contributed by atoms with Crippen molar-refractivity contribution in [2.24, 2.45) is 5.92 Å². The molecule has 0 aromatic heterocycles. The molecule has 0 saturated carbocycles. The zero-order valence-electron chi connectivity index (χ0n) is 19.2. The molecule has 0 N–H and O–H groups in total. The number of nitrogens with zero attached hydrogens (tertiary/aromatic N) is 2. The van der Waals surface area contributed by atoms with Crippen LogP contribution in [-0.4, -0.2) is 66.5 Å². The highest BCUT2D eigenvalue weighted by Gasteiger charge is 2.44. The highest BCUT2D eigenvalue weighted by molar-refractivity contribution is 7.88. The maximum atomic E-state index is 13.7. The molecule has 0 bridgehead atoms. The van der Waals surface area contributed by atoms with E-state index in [1.165, 1.54) is 28.8 Å². The minimum atomic E-state index is -3.20. The fourth-order valence-electron chi connectivity index (χ4n) is 4.66. The van der Waals surface area contributed by atoms with Gasteiger partial charge in [-0.1, -0.05) is 12.1 Å². The van der Waals surface area contributed by atoms with E-state index in [9.17, 15) is 22.4 Å². The molecule has 2 aliphatic heterocycles. The van der Waals surface area contributed by atoms with Crippen LogP contribution >= 0.6 is 0 Å². The van der Waals surface area contributed by atoms with Crippen molar-refractivity contribution in [2.45, 2.75) is 70.6 Å². The molecule has 9 heteroatoms.